The number of nitrogens with one attached hydrogen (secondary N) is 1. The van der Waals surface area contributed by atoms with Crippen LogP contribution in [0.5, 0.6) is 0 Å². The predicted octanol–water partition coefficient (Wildman–Crippen LogP) is 1.53. The normalized spacial score (nSPS) is 12.7. The van der Waals surface area contributed by atoms with Crippen LogP contribution in [0.15, 0.2) is 30.3 Å². The van der Waals surface area contributed by atoms with Crippen LogP contribution in [0.1, 0.15) is 12.0 Å². The first kappa shape index (κ1) is 16.4. The Labute approximate surface area is 116 Å². The first-order valence-electron chi connectivity index (χ1n) is 5.90. The summed E-state index contributed by atoms with van der Waals surface area (Å²) in [5.74, 6) is -0.686. The van der Waals surface area contributed by atoms with Crippen LogP contribution >= 0.6 is 0 Å². The minimum atomic E-state index is -4.19. The molecule has 0 unspecified atom stereocenters. The summed E-state index contributed by atoms with van der Waals surface area (Å²) in [6.07, 6.45) is -2.75. The number of halogens is 1. The van der Waals surface area contributed by atoms with E-state index in [-0.39, 0.29) is 13.2 Å². The van der Waals surface area contributed by atoms with Crippen LogP contribution in [-0.2, 0) is 21.5 Å². The van der Waals surface area contributed by atoms with Gasteiger partial charge in [-0.15, -0.1) is 0 Å². The second-order valence-corrected chi connectivity index (χ2v) is 5.69. The molecule has 0 spiro atoms. The fourth-order valence-electron chi connectivity index (χ4n) is 1.35. The summed E-state index contributed by atoms with van der Waals surface area (Å²) < 4.78 is 47.3. The zero-order chi connectivity index (χ0) is 15.0. The Morgan fingerprint density at radius 3 is 2.60 bits per heavy atom. The van der Waals surface area contributed by atoms with Crippen LogP contribution in [0, 0.1) is 0 Å². The maximum absolute atomic E-state index is 13.2. The van der Waals surface area contributed by atoms with Gasteiger partial charge in [-0.3, -0.25) is 4.55 Å². The molecule has 0 radical (unpaired) electrons. The molecule has 0 saturated heterocycles. The van der Waals surface area contributed by atoms with Gasteiger partial charge in [0.15, 0.2) is 0 Å². The molecule has 0 saturated carbocycles. The Bertz CT molecular complexity index is 520. The smallest absolute Gasteiger partial charge is 0.407 e. The summed E-state index contributed by atoms with van der Waals surface area (Å²) in [7, 11) is -4.19. The van der Waals surface area contributed by atoms with E-state index in [0.29, 0.717) is 0 Å². The molecule has 0 aliphatic heterocycles. The van der Waals surface area contributed by atoms with Crippen molar-refractivity contribution in [3.8, 4) is 0 Å². The van der Waals surface area contributed by atoms with Gasteiger partial charge >= 0.3 is 6.09 Å². The molecule has 0 heterocycles. The molecule has 0 aromatic heterocycles. The lowest BCUT2D eigenvalue weighted by atomic mass is 10.2. The molecule has 1 aromatic carbocycles. The van der Waals surface area contributed by atoms with E-state index < -0.39 is 34.6 Å². The van der Waals surface area contributed by atoms with Gasteiger partial charge in [0, 0.05) is 0 Å². The Hall–Kier alpha value is -1.67. The molecule has 6 nitrogen and oxygen atoms in total. The summed E-state index contributed by atoms with van der Waals surface area (Å²) in [5.41, 5.74) is 0.797. The van der Waals surface area contributed by atoms with Gasteiger partial charge in [-0.25, -0.2) is 9.18 Å². The third kappa shape index (κ3) is 7.70. The van der Waals surface area contributed by atoms with Gasteiger partial charge in [0.2, 0.25) is 0 Å². The van der Waals surface area contributed by atoms with E-state index in [2.05, 4.69) is 5.32 Å². The lowest BCUT2D eigenvalue weighted by molar-refractivity contribution is 0.136. The van der Waals surface area contributed by atoms with Crippen LogP contribution in [0.3, 0.4) is 0 Å². The highest BCUT2D eigenvalue weighted by Gasteiger charge is 2.13. The summed E-state index contributed by atoms with van der Waals surface area (Å²) in [6.45, 7) is -0.308. The monoisotopic (exact) mass is 305 g/mol. The van der Waals surface area contributed by atoms with Gasteiger partial charge in [0.1, 0.15) is 12.8 Å². The number of alkyl halides is 1. The largest absolute Gasteiger partial charge is 0.445 e. The topological polar surface area (TPSA) is 92.7 Å². The molecule has 2 N–H and O–H groups in total. The highest BCUT2D eigenvalue weighted by Crippen LogP contribution is 2.02. The average Bonchev–Trinajstić information content (AvgIpc) is 2.41. The molecule has 112 valence electrons. The molecule has 1 aromatic rings. The third-order valence-electron chi connectivity index (χ3n) is 2.37. The first-order valence-corrected chi connectivity index (χ1v) is 7.51. The first-order chi connectivity index (χ1) is 9.37. The number of hydrogen-bond donors (Lipinski definition) is 2. The number of amides is 1. The van der Waals surface area contributed by atoms with Gasteiger partial charge in [-0.2, -0.15) is 8.42 Å². The quantitative estimate of drug-likeness (QED) is 0.745. The van der Waals surface area contributed by atoms with Crippen molar-refractivity contribution in [3.63, 3.8) is 0 Å². The zero-order valence-corrected chi connectivity index (χ0v) is 11.5. The van der Waals surface area contributed by atoms with Crippen molar-refractivity contribution in [1.29, 1.82) is 0 Å². The molecule has 1 rings (SSSR count). The van der Waals surface area contributed by atoms with E-state index in [1.54, 1.807) is 24.3 Å². The maximum Gasteiger partial charge on any atom is 0.407 e. The fraction of sp³-hybridized carbons (Fsp3) is 0.417. The number of benzene rings is 1. The van der Waals surface area contributed by atoms with E-state index in [1.807, 2.05) is 6.07 Å². The molecule has 0 bridgehead atoms. The van der Waals surface area contributed by atoms with Crippen LogP contribution in [-0.4, -0.2) is 37.5 Å². The van der Waals surface area contributed by atoms with E-state index in [4.69, 9.17) is 9.29 Å². The molecule has 0 fully saturated rings. The second-order valence-electron chi connectivity index (χ2n) is 4.11. The molecule has 0 aliphatic carbocycles. The van der Waals surface area contributed by atoms with Crippen molar-refractivity contribution < 1.29 is 26.9 Å². The third-order valence-corrected chi connectivity index (χ3v) is 3.12. The van der Waals surface area contributed by atoms with Crippen molar-refractivity contribution in [3.05, 3.63) is 35.9 Å². The molecule has 1 amide bonds. The summed E-state index contributed by atoms with van der Waals surface area (Å²) in [5, 5.41) is 2.18. The Kier molecular flexibility index (Phi) is 6.40. The van der Waals surface area contributed by atoms with Gasteiger partial charge in [0.05, 0.1) is 12.3 Å². The van der Waals surface area contributed by atoms with Crippen LogP contribution in [0.2, 0.25) is 0 Å². The summed E-state index contributed by atoms with van der Waals surface area (Å²) in [4.78, 5) is 11.3. The van der Waals surface area contributed by atoms with E-state index in [9.17, 15) is 17.6 Å². The SMILES string of the molecule is O=C(NC[C@H](F)CCS(=O)(=O)O)OCc1ccccc1. The number of hydrogen-bond acceptors (Lipinski definition) is 4. The van der Waals surface area contributed by atoms with E-state index in [1.165, 1.54) is 0 Å². The molecule has 20 heavy (non-hydrogen) atoms. The fourth-order valence-corrected chi connectivity index (χ4v) is 1.90. The van der Waals surface area contributed by atoms with Crippen molar-refractivity contribution in [1.82, 2.24) is 5.32 Å². The van der Waals surface area contributed by atoms with E-state index >= 15 is 0 Å². The van der Waals surface area contributed by atoms with Crippen molar-refractivity contribution in [2.24, 2.45) is 0 Å². The second kappa shape index (κ2) is 7.81. The summed E-state index contributed by atoms with van der Waals surface area (Å²) >= 11 is 0. The molecular weight excluding hydrogens is 289 g/mol. The maximum atomic E-state index is 13.2. The highest BCUT2D eigenvalue weighted by atomic mass is 32.2. The van der Waals surface area contributed by atoms with Gasteiger partial charge in [-0.05, 0) is 12.0 Å². The number of alkyl carbamates (subject to hydrolysis) is 1. The van der Waals surface area contributed by atoms with Gasteiger partial charge in [0.25, 0.3) is 10.1 Å². The molecule has 0 aliphatic rings. The van der Waals surface area contributed by atoms with Gasteiger partial charge in [-0.1, -0.05) is 30.3 Å². The summed E-state index contributed by atoms with van der Waals surface area (Å²) in [6, 6.07) is 8.97. The van der Waals surface area contributed by atoms with Crippen molar-refractivity contribution in [2.75, 3.05) is 12.3 Å². The lowest BCUT2D eigenvalue weighted by Gasteiger charge is -2.09. The zero-order valence-electron chi connectivity index (χ0n) is 10.7. The Morgan fingerprint density at radius 2 is 2.00 bits per heavy atom. The minimum Gasteiger partial charge on any atom is -0.445 e. The number of carbonyl (C=O) groups is 1. The predicted molar refractivity (Wildman–Crippen MR) is 70.6 cm³/mol. The standard InChI is InChI=1S/C12H16FNO5S/c13-11(6-7-20(16,17)18)8-14-12(15)19-9-10-4-2-1-3-5-10/h1-5,11H,6-9H2,(H,14,15)(H,16,17,18)/t11-/m1/s1. The van der Waals surface area contributed by atoms with Crippen LogP contribution < -0.4 is 5.32 Å². The molecular formula is C12H16FNO5S. The van der Waals surface area contributed by atoms with Crippen LogP contribution in [0.25, 0.3) is 0 Å². The van der Waals surface area contributed by atoms with Crippen molar-refractivity contribution in [2.45, 2.75) is 19.2 Å². The van der Waals surface area contributed by atoms with E-state index in [0.717, 1.165) is 5.56 Å². The average molecular weight is 305 g/mol. The molecule has 1 atom stereocenters. The molecule has 8 heteroatoms. The Morgan fingerprint density at radius 1 is 1.35 bits per heavy atom. The van der Waals surface area contributed by atoms with Gasteiger partial charge < -0.3 is 10.1 Å². The number of ether oxygens (including phenoxy) is 1. The minimum absolute atomic E-state index is 0.0641. The van der Waals surface area contributed by atoms with Crippen LogP contribution in [0.4, 0.5) is 9.18 Å². The highest BCUT2D eigenvalue weighted by molar-refractivity contribution is 7.85. The Balaban J connectivity index is 2.19. The number of carbonyl (C=O) groups excluding carboxylic acids is 1. The number of rotatable bonds is 7. The lowest BCUT2D eigenvalue weighted by Crippen LogP contribution is -2.31. The van der Waals surface area contributed by atoms with Crippen molar-refractivity contribution >= 4 is 16.2 Å².